The van der Waals surface area contributed by atoms with E-state index in [4.69, 9.17) is 9.47 Å². The minimum absolute atomic E-state index is 0.0442. The maximum atomic E-state index is 12.5. The molecule has 1 aliphatic rings. The maximum absolute atomic E-state index is 12.5. The third kappa shape index (κ3) is 4.05. The predicted molar refractivity (Wildman–Crippen MR) is 86.9 cm³/mol. The lowest BCUT2D eigenvalue weighted by molar-refractivity contribution is -0.150. The van der Waals surface area contributed by atoms with Crippen molar-refractivity contribution in [1.29, 1.82) is 0 Å². The Balaban J connectivity index is 3.24. The summed E-state index contributed by atoms with van der Waals surface area (Å²) in [4.78, 5) is 26.2. The molecule has 0 aromatic carbocycles. The SMILES string of the molecule is C=CC[C@]1(CCC)[C@H](O)CN(C(=O)OC(C)(C)C)[C@@H]1C(=O)OC. The Morgan fingerprint density at radius 2 is 2.04 bits per heavy atom. The molecule has 0 spiro atoms. The van der Waals surface area contributed by atoms with E-state index in [-0.39, 0.29) is 6.54 Å². The minimum Gasteiger partial charge on any atom is -0.467 e. The van der Waals surface area contributed by atoms with Crippen molar-refractivity contribution in [3.63, 3.8) is 0 Å². The van der Waals surface area contributed by atoms with Crippen LogP contribution in [0.4, 0.5) is 4.79 Å². The van der Waals surface area contributed by atoms with Crippen LogP contribution in [0.15, 0.2) is 12.7 Å². The van der Waals surface area contributed by atoms with Crippen molar-refractivity contribution in [2.45, 2.75) is 64.7 Å². The van der Waals surface area contributed by atoms with Gasteiger partial charge in [0.25, 0.3) is 0 Å². The summed E-state index contributed by atoms with van der Waals surface area (Å²) < 4.78 is 10.3. The number of ether oxygens (including phenoxy) is 2. The van der Waals surface area contributed by atoms with Gasteiger partial charge in [0.05, 0.1) is 19.8 Å². The molecule has 6 heteroatoms. The van der Waals surface area contributed by atoms with E-state index in [2.05, 4.69) is 6.58 Å². The van der Waals surface area contributed by atoms with Gasteiger partial charge in [-0.05, 0) is 33.6 Å². The summed E-state index contributed by atoms with van der Waals surface area (Å²) in [5.74, 6) is -0.539. The summed E-state index contributed by atoms with van der Waals surface area (Å²) in [6, 6.07) is -0.879. The Labute approximate surface area is 138 Å². The van der Waals surface area contributed by atoms with Gasteiger partial charge < -0.3 is 14.6 Å². The highest BCUT2D eigenvalue weighted by atomic mass is 16.6. The molecule has 3 atom stereocenters. The Morgan fingerprint density at radius 3 is 2.48 bits per heavy atom. The third-order valence-electron chi connectivity index (χ3n) is 4.18. The van der Waals surface area contributed by atoms with E-state index in [1.807, 2.05) is 6.92 Å². The Bertz CT molecular complexity index is 456. The van der Waals surface area contributed by atoms with Gasteiger partial charge >= 0.3 is 12.1 Å². The van der Waals surface area contributed by atoms with Crippen LogP contribution in [0.25, 0.3) is 0 Å². The number of methoxy groups -OCH3 is 1. The van der Waals surface area contributed by atoms with Gasteiger partial charge in [-0.15, -0.1) is 6.58 Å². The number of rotatable bonds is 5. The first-order valence-corrected chi connectivity index (χ1v) is 7.99. The summed E-state index contributed by atoms with van der Waals surface area (Å²) >= 11 is 0. The summed E-state index contributed by atoms with van der Waals surface area (Å²) in [6.45, 7) is 11.0. The van der Waals surface area contributed by atoms with Gasteiger partial charge in [-0.25, -0.2) is 9.59 Å². The highest BCUT2D eigenvalue weighted by molar-refractivity contribution is 5.83. The molecule has 6 nitrogen and oxygen atoms in total. The monoisotopic (exact) mass is 327 g/mol. The van der Waals surface area contributed by atoms with Gasteiger partial charge in [0.1, 0.15) is 11.6 Å². The topological polar surface area (TPSA) is 76.1 Å². The zero-order chi connectivity index (χ0) is 17.8. The number of aliphatic hydroxyl groups is 1. The maximum Gasteiger partial charge on any atom is 0.411 e. The van der Waals surface area contributed by atoms with Crippen LogP contribution in [-0.4, -0.2) is 53.5 Å². The lowest BCUT2D eigenvalue weighted by Crippen LogP contribution is -2.51. The molecule has 23 heavy (non-hydrogen) atoms. The molecule has 0 bridgehead atoms. The second-order valence-corrected chi connectivity index (χ2v) is 7.05. The molecule has 1 amide bonds. The van der Waals surface area contributed by atoms with Crippen LogP contribution in [0.5, 0.6) is 0 Å². The Hall–Kier alpha value is -1.56. The molecule has 132 valence electrons. The van der Waals surface area contributed by atoms with Gasteiger partial charge in [0.15, 0.2) is 0 Å². The molecular weight excluding hydrogens is 298 g/mol. The number of likely N-dealkylation sites (tertiary alicyclic amines) is 1. The molecule has 0 saturated carbocycles. The van der Waals surface area contributed by atoms with Crippen molar-refractivity contribution in [2.75, 3.05) is 13.7 Å². The minimum atomic E-state index is -0.879. The smallest absolute Gasteiger partial charge is 0.411 e. The van der Waals surface area contributed by atoms with Gasteiger partial charge in [-0.1, -0.05) is 19.4 Å². The van der Waals surface area contributed by atoms with E-state index in [9.17, 15) is 14.7 Å². The number of hydrogen-bond acceptors (Lipinski definition) is 5. The van der Waals surface area contributed by atoms with E-state index in [0.29, 0.717) is 12.8 Å². The van der Waals surface area contributed by atoms with E-state index < -0.39 is 35.2 Å². The number of allylic oxidation sites excluding steroid dienone is 1. The van der Waals surface area contributed by atoms with Crippen LogP contribution in [0.3, 0.4) is 0 Å². The van der Waals surface area contributed by atoms with Crippen LogP contribution in [-0.2, 0) is 14.3 Å². The highest BCUT2D eigenvalue weighted by Gasteiger charge is 2.58. The number of aliphatic hydroxyl groups excluding tert-OH is 1. The second kappa shape index (κ2) is 7.34. The molecule has 0 aromatic heterocycles. The summed E-state index contributed by atoms with van der Waals surface area (Å²) in [7, 11) is 1.28. The average molecular weight is 327 g/mol. The van der Waals surface area contributed by atoms with E-state index in [1.165, 1.54) is 12.0 Å². The van der Waals surface area contributed by atoms with Gasteiger partial charge in [-0.3, -0.25) is 4.90 Å². The quantitative estimate of drug-likeness (QED) is 0.620. The largest absolute Gasteiger partial charge is 0.467 e. The van der Waals surface area contributed by atoms with Crippen LogP contribution in [0.2, 0.25) is 0 Å². The van der Waals surface area contributed by atoms with Crippen molar-refractivity contribution >= 4 is 12.1 Å². The first kappa shape index (κ1) is 19.5. The number of carbonyl (C=O) groups is 2. The normalized spacial score (nSPS) is 27.7. The van der Waals surface area contributed by atoms with E-state index >= 15 is 0 Å². The summed E-state index contributed by atoms with van der Waals surface area (Å²) in [5, 5.41) is 10.6. The van der Waals surface area contributed by atoms with Crippen LogP contribution in [0.1, 0.15) is 47.0 Å². The third-order valence-corrected chi connectivity index (χ3v) is 4.18. The fraction of sp³-hybridized carbons (Fsp3) is 0.765. The fourth-order valence-electron chi connectivity index (χ4n) is 3.33. The predicted octanol–water partition coefficient (Wildman–Crippen LogP) is 2.50. The molecule has 1 heterocycles. The molecule has 0 unspecified atom stereocenters. The molecule has 1 N–H and O–H groups in total. The number of nitrogens with zero attached hydrogens (tertiary/aromatic N) is 1. The highest BCUT2D eigenvalue weighted by Crippen LogP contribution is 2.45. The molecular formula is C17H29NO5. The molecule has 1 saturated heterocycles. The fourth-order valence-corrected chi connectivity index (χ4v) is 3.33. The van der Waals surface area contributed by atoms with Gasteiger partial charge in [0.2, 0.25) is 0 Å². The zero-order valence-corrected chi connectivity index (χ0v) is 14.8. The van der Waals surface area contributed by atoms with E-state index in [0.717, 1.165) is 6.42 Å². The zero-order valence-electron chi connectivity index (χ0n) is 14.8. The van der Waals surface area contributed by atoms with Crippen molar-refractivity contribution in [1.82, 2.24) is 4.90 Å². The first-order chi connectivity index (χ1) is 10.6. The van der Waals surface area contributed by atoms with Crippen LogP contribution >= 0.6 is 0 Å². The Morgan fingerprint density at radius 1 is 1.43 bits per heavy atom. The van der Waals surface area contributed by atoms with E-state index in [1.54, 1.807) is 26.8 Å². The standard InChI is InChI=1S/C17H29NO5/c1-7-9-17(10-8-2)12(19)11-18(13(17)14(20)22-6)15(21)23-16(3,4)5/h7,12-13,19H,1,8-11H2,2-6H3/t12-,13-,17+/m1/s1. The Kier molecular flexibility index (Phi) is 6.22. The number of esters is 1. The number of amides is 1. The lowest BCUT2D eigenvalue weighted by Gasteiger charge is -2.37. The summed E-state index contributed by atoms with van der Waals surface area (Å²) in [6.07, 6.45) is 1.99. The van der Waals surface area contributed by atoms with Crippen LogP contribution in [0, 0.1) is 5.41 Å². The van der Waals surface area contributed by atoms with Gasteiger partial charge in [-0.2, -0.15) is 0 Å². The molecule has 1 aliphatic heterocycles. The molecule has 0 radical (unpaired) electrons. The van der Waals surface area contributed by atoms with Crippen molar-refractivity contribution in [2.24, 2.45) is 5.41 Å². The summed E-state index contributed by atoms with van der Waals surface area (Å²) in [5.41, 5.74) is -1.47. The van der Waals surface area contributed by atoms with Crippen molar-refractivity contribution < 1.29 is 24.2 Å². The molecule has 0 aromatic rings. The second-order valence-electron chi connectivity index (χ2n) is 7.05. The van der Waals surface area contributed by atoms with Crippen molar-refractivity contribution in [3.05, 3.63) is 12.7 Å². The number of carbonyl (C=O) groups excluding carboxylic acids is 2. The van der Waals surface area contributed by atoms with Crippen molar-refractivity contribution in [3.8, 4) is 0 Å². The van der Waals surface area contributed by atoms with Gasteiger partial charge in [0, 0.05) is 5.41 Å². The average Bonchev–Trinajstić information content (AvgIpc) is 2.71. The molecule has 1 fully saturated rings. The molecule has 1 rings (SSSR count). The number of hydrogen-bond donors (Lipinski definition) is 1. The lowest BCUT2D eigenvalue weighted by atomic mass is 9.72. The molecule has 0 aliphatic carbocycles. The number of β-amino-alcohol motifs (C(OH)–C–C–N with tert-alkyl or cyclic N) is 1. The van der Waals surface area contributed by atoms with Crippen LogP contribution < -0.4 is 0 Å². The first-order valence-electron chi connectivity index (χ1n) is 7.99.